The predicted molar refractivity (Wildman–Crippen MR) is 67.6 cm³/mol. The quantitative estimate of drug-likeness (QED) is 0.640. The molecule has 1 aromatic rings. The predicted octanol–water partition coefficient (Wildman–Crippen LogP) is 3.44. The van der Waals surface area contributed by atoms with E-state index in [4.69, 9.17) is 5.84 Å². The first-order valence-electron chi connectivity index (χ1n) is 6.48. The summed E-state index contributed by atoms with van der Waals surface area (Å²) < 4.78 is 26.3. The lowest BCUT2D eigenvalue weighted by atomic mass is 9.69. The van der Waals surface area contributed by atoms with Gasteiger partial charge in [0.05, 0.1) is 6.04 Å². The van der Waals surface area contributed by atoms with Crippen LogP contribution in [0.5, 0.6) is 0 Å². The van der Waals surface area contributed by atoms with Gasteiger partial charge in [0.15, 0.2) is 11.6 Å². The smallest absolute Gasteiger partial charge is 0.159 e. The van der Waals surface area contributed by atoms with Crippen LogP contribution in [-0.2, 0) is 0 Å². The first kappa shape index (κ1) is 13.4. The molecule has 0 bridgehead atoms. The summed E-state index contributed by atoms with van der Waals surface area (Å²) in [5.74, 6) is 4.01. The highest BCUT2D eigenvalue weighted by atomic mass is 19.2. The lowest BCUT2D eigenvalue weighted by Crippen LogP contribution is -2.41. The molecule has 100 valence electrons. The van der Waals surface area contributed by atoms with Crippen LogP contribution in [0.3, 0.4) is 0 Å². The Hall–Kier alpha value is -1.00. The van der Waals surface area contributed by atoms with E-state index < -0.39 is 11.6 Å². The lowest BCUT2D eigenvalue weighted by molar-refractivity contribution is 0.145. The standard InChI is InChI=1S/C14H20F2N2/c1-14(7-3-2-4-8-14)13(18-17)10-5-6-11(15)12(16)9-10/h5-6,9,13,18H,2-4,7-8,17H2,1H3. The van der Waals surface area contributed by atoms with Crippen LogP contribution in [-0.4, -0.2) is 0 Å². The zero-order valence-corrected chi connectivity index (χ0v) is 10.7. The molecule has 3 N–H and O–H groups in total. The van der Waals surface area contributed by atoms with E-state index in [0.717, 1.165) is 18.4 Å². The minimum atomic E-state index is -0.816. The van der Waals surface area contributed by atoms with Gasteiger partial charge in [-0.2, -0.15) is 0 Å². The third-order valence-corrected chi connectivity index (χ3v) is 4.14. The lowest BCUT2D eigenvalue weighted by Gasteiger charge is -2.40. The Balaban J connectivity index is 2.29. The third-order valence-electron chi connectivity index (χ3n) is 4.14. The molecule has 0 heterocycles. The van der Waals surface area contributed by atoms with Gasteiger partial charge < -0.3 is 0 Å². The zero-order chi connectivity index (χ0) is 13.2. The summed E-state index contributed by atoms with van der Waals surface area (Å²) >= 11 is 0. The summed E-state index contributed by atoms with van der Waals surface area (Å²) in [6.45, 7) is 2.16. The molecule has 1 saturated carbocycles. The molecule has 1 aliphatic rings. The number of hydrogen-bond acceptors (Lipinski definition) is 2. The van der Waals surface area contributed by atoms with Gasteiger partial charge in [-0.15, -0.1) is 0 Å². The maximum absolute atomic E-state index is 13.3. The molecule has 1 fully saturated rings. The molecule has 1 aliphatic carbocycles. The second-order valence-electron chi connectivity index (χ2n) is 5.49. The van der Waals surface area contributed by atoms with Crippen LogP contribution in [0.15, 0.2) is 18.2 Å². The van der Waals surface area contributed by atoms with Crippen molar-refractivity contribution in [2.45, 2.75) is 45.1 Å². The second kappa shape index (κ2) is 5.33. The van der Waals surface area contributed by atoms with E-state index >= 15 is 0 Å². The van der Waals surface area contributed by atoms with Crippen LogP contribution >= 0.6 is 0 Å². The fourth-order valence-electron chi connectivity index (χ4n) is 3.04. The molecule has 0 amide bonds. The average molecular weight is 254 g/mol. The fraction of sp³-hybridized carbons (Fsp3) is 0.571. The highest BCUT2D eigenvalue weighted by Gasteiger charge is 2.36. The number of benzene rings is 1. The van der Waals surface area contributed by atoms with Gasteiger partial charge in [0.2, 0.25) is 0 Å². The molecule has 18 heavy (non-hydrogen) atoms. The molecular formula is C14H20F2N2. The fourth-order valence-corrected chi connectivity index (χ4v) is 3.04. The van der Waals surface area contributed by atoms with Gasteiger partial charge in [0, 0.05) is 0 Å². The number of nitrogens with two attached hydrogens (primary N) is 1. The molecule has 0 aromatic heterocycles. The van der Waals surface area contributed by atoms with E-state index in [1.807, 2.05) is 0 Å². The Kier molecular flexibility index (Phi) is 3.97. The zero-order valence-electron chi connectivity index (χ0n) is 10.7. The minimum Gasteiger partial charge on any atom is -0.271 e. The van der Waals surface area contributed by atoms with E-state index in [-0.39, 0.29) is 11.5 Å². The van der Waals surface area contributed by atoms with Crippen molar-refractivity contribution in [3.05, 3.63) is 35.4 Å². The van der Waals surface area contributed by atoms with Crippen molar-refractivity contribution in [3.8, 4) is 0 Å². The molecule has 0 radical (unpaired) electrons. The molecule has 1 aromatic carbocycles. The van der Waals surface area contributed by atoms with E-state index in [9.17, 15) is 8.78 Å². The molecule has 1 atom stereocenters. The van der Waals surface area contributed by atoms with Crippen molar-refractivity contribution in [1.82, 2.24) is 5.43 Å². The van der Waals surface area contributed by atoms with Crippen LogP contribution in [0.1, 0.15) is 50.6 Å². The van der Waals surface area contributed by atoms with Gasteiger partial charge in [-0.05, 0) is 36.0 Å². The van der Waals surface area contributed by atoms with Crippen molar-refractivity contribution in [2.75, 3.05) is 0 Å². The van der Waals surface area contributed by atoms with Gasteiger partial charge in [-0.25, -0.2) is 8.78 Å². The first-order chi connectivity index (χ1) is 8.57. The maximum Gasteiger partial charge on any atom is 0.159 e. The number of nitrogens with one attached hydrogen (secondary N) is 1. The van der Waals surface area contributed by atoms with E-state index in [1.54, 1.807) is 6.07 Å². The Morgan fingerprint density at radius 3 is 2.39 bits per heavy atom. The van der Waals surface area contributed by atoms with Crippen LogP contribution in [0.25, 0.3) is 0 Å². The maximum atomic E-state index is 13.3. The minimum absolute atomic E-state index is 0.0112. The monoisotopic (exact) mass is 254 g/mol. The number of hydrogen-bond donors (Lipinski definition) is 2. The molecule has 2 rings (SSSR count). The molecular weight excluding hydrogens is 234 g/mol. The molecule has 0 spiro atoms. The normalized spacial score (nSPS) is 20.7. The Morgan fingerprint density at radius 1 is 1.17 bits per heavy atom. The Morgan fingerprint density at radius 2 is 1.83 bits per heavy atom. The van der Waals surface area contributed by atoms with E-state index in [0.29, 0.717) is 0 Å². The topological polar surface area (TPSA) is 38.0 Å². The van der Waals surface area contributed by atoms with E-state index in [1.165, 1.54) is 31.4 Å². The number of rotatable bonds is 3. The molecule has 1 unspecified atom stereocenters. The summed E-state index contributed by atoms with van der Waals surface area (Å²) in [4.78, 5) is 0. The molecule has 0 aliphatic heterocycles. The van der Waals surface area contributed by atoms with Gasteiger partial charge in [0.1, 0.15) is 0 Å². The van der Waals surface area contributed by atoms with Crippen LogP contribution in [0.4, 0.5) is 8.78 Å². The van der Waals surface area contributed by atoms with Crippen molar-refractivity contribution >= 4 is 0 Å². The Labute approximate surface area is 107 Å². The third kappa shape index (κ3) is 2.54. The van der Waals surface area contributed by atoms with E-state index in [2.05, 4.69) is 12.3 Å². The first-order valence-corrected chi connectivity index (χ1v) is 6.48. The largest absolute Gasteiger partial charge is 0.271 e. The van der Waals surface area contributed by atoms with Crippen LogP contribution in [0, 0.1) is 17.0 Å². The van der Waals surface area contributed by atoms with Gasteiger partial charge >= 0.3 is 0 Å². The van der Waals surface area contributed by atoms with Crippen LogP contribution in [0.2, 0.25) is 0 Å². The van der Waals surface area contributed by atoms with Crippen molar-refractivity contribution in [1.29, 1.82) is 0 Å². The summed E-state index contributed by atoms with van der Waals surface area (Å²) in [6, 6.07) is 3.90. The van der Waals surface area contributed by atoms with Gasteiger partial charge in [0.25, 0.3) is 0 Å². The molecule has 4 heteroatoms. The van der Waals surface area contributed by atoms with Crippen molar-refractivity contribution in [2.24, 2.45) is 11.3 Å². The second-order valence-corrected chi connectivity index (χ2v) is 5.49. The van der Waals surface area contributed by atoms with Gasteiger partial charge in [-0.1, -0.05) is 32.3 Å². The van der Waals surface area contributed by atoms with Crippen molar-refractivity contribution < 1.29 is 8.78 Å². The molecule has 0 saturated heterocycles. The summed E-state index contributed by atoms with van der Waals surface area (Å²) in [6.07, 6.45) is 5.68. The highest BCUT2D eigenvalue weighted by molar-refractivity contribution is 5.23. The molecule has 2 nitrogen and oxygen atoms in total. The average Bonchev–Trinajstić information content (AvgIpc) is 2.35. The number of halogens is 2. The summed E-state index contributed by atoms with van der Waals surface area (Å²) in [7, 11) is 0. The SMILES string of the molecule is CC1(C(NN)c2ccc(F)c(F)c2)CCCCC1. The Bertz CT molecular complexity index is 414. The summed E-state index contributed by atoms with van der Waals surface area (Å²) in [5, 5.41) is 0. The number of hydrazine groups is 1. The highest BCUT2D eigenvalue weighted by Crippen LogP contribution is 2.45. The van der Waals surface area contributed by atoms with Gasteiger partial charge in [-0.3, -0.25) is 11.3 Å². The summed E-state index contributed by atoms with van der Waals surface area (Å²) in [5.41, 5.74) is 3.52. The van der Waals surface area contributed by atoms with Crippen LogP contribution < -0.4 is 11.3 Å². The van der Waals surface area contributed by atoms with Crippen molar-refractivity contribution in [3.63, 3.8) is 0 Å².